The number of anilines is 1. The quantitative estimate of drug-likeness (QED) is 0.770. The zero-order chi connectivity index (χ0) is 15.8. The summed E-state index contributed by atoms with van der Waals surface area (Å²) in [5.74, 6) is 0.332. The van der Waals surface area contributed by atoms with Gasteiger partial charge in [0.15, 0.2) is 4.96 Å². The van der Waals surface area contributed by atoms with Gasteiger partial charge in [-0.1, -0.05) is 0 Å². The fourth-order valence-corrected chi connectivity index (χ4v) is 3.20. The number of aromatic nitrogens is 4. The van der Waals surface area contributed by atoms with E-state index in [1.807, 2.05) is 0 Å². The number of hydrogen-bond acceptors (Lipinski definition) is 6. The molecule has 1 aliphatic heterocycles. The second-order valence-corrected chi connectivity index (χ2v) is 6.03. The Bertz CT molecular complexity index is 941. The molecule has 4 rings (SSSR count). The van der Waals surface area contributed by atoms with Crippen molar-refractivity contribution in [2.75, 3.05) is 11.9 Å². The third-order valence-electron chi connectivity index (χ3n) is 3.58. The largest absolute Gasteiger partial charge is 0.478 e. The first kappa shape index (κ1) is 13.9. The van der Waals surface area contributed by atoms with Crippen molar-refractivity contribution in [2.24, 2.45) is 0 Å². The Kier molecular flexibility index (Phi) is 3.34. The lowest BCUT2D eigenvalue weighted by molar-refractivity contribution is -0.115. The number of ether oxygens (including phenoxy) is 1. The van der Waals surface area contributed by atoms with Crippen molar-refractivity contribution >= 4 is 27.9 Å². The first-order chi connectivity index (χ1) is 11.2. The number of carbonyl (C=O) groups is 1. The molecule has 0 aromatic carbocycles. The summed E-state index contributed by atoms with van der Waals surface area (Å²) >= 11 is 1.36. The topological polar surface area (TPSA) is 90.5 Å². The van der Waals surface area contributed by atoms with Crippen LogP contribution in [0.15, 0.2) is 28.8 Å². The van der Waals surface area contributed by atoms with Gasteiger partial charge in [0.05, 0.1) is 25.4 Å². The molecule has 0 bridgehead atoms. The van der Waals surface area contributed by atoms with Gasteiger partial charge in [-0.3, -0.25) is 14.0 Å². The zero-order valence-electron chi connectivity index (χ0n) is 12.1. The van der Waals surface area contributed by atoms with Crippen LogP contribution in [0.4, 0.5) is 5.69 Å². The Balaban J connectivity index is 1.54. The zero-order valence-corrected chi connectivity index (χ0v) is 12.9. The Labute approximate surface area is 134 Å². The highest BCUT2D eigenvalue weighted by atomic mass is 32.1. The van der Waals surface area contributed by atoms with Crippen LogP contribution in [0.3, 0.4) is 0 Å². The van der Waals surface area contributed by atoms with Gasteiger partial charge < -0.3 is 10.1 Å². The van der Waals surface area contributed by atoms with Crippen molar-refractivity contribution in [3.05, 3.63) is 39.9 Å². The Morgan fingerprint density at radius 2 is 2.35 bits per heavy atom. The summed E-state index contributed by atoms with van der Waals surface area (Å²) in [6, 6.07) is 0. The molecule has 8 nitrogen and oxygen atoms in total. The predicted octanol–water partition coefficient (Wildman–Crippen LogP) is 0.916. The van der Waals surface area contributed by atoms with E-state index in [9.17, 15) is 9.59 Å². The van der Waals surface area contributed by atoms with Gasteiger partial charge in [-0.2, -0.15) is 5.10 Å². The van der Waals surface area contributed by atoms with Crippen LogP contribution in [-0.2, 0) is 17.8 Å². The highest BCUT2D eigenvalue weighted by Gasteiger charge is 2.19. The molecule has 0 saturated carbocycles. The van der Waals surface area contributed by atoms with Crippen molar-refractivity contribution in [1.29, 1.82) is 0 Å². The number of amides is 1. The number of nitrogens with zero attached hydrogens (tertiary/aromatic N) is 4. The fourth-order valence-electron chi connectivity index (χ4n) is 2.52. The SMILES string of the molecule is O=C(Cc1cnn2c1OCCC2)Nc1cnc2sccn2c1=O. The predicted molar refractivity (Wildman–Crippen MR) is 84.0 cm³/mol. The van der Waals surface area contributed by atoms with Gasteiger partial charge in [0.2, 0.25) is 11.8 Å². The summed E-state index contributed by atoms with van der Waals surface area (Å²) in [5.41, 5.74) is 0.581. The van der Waals surface area contributed by atoms with Crippen LogP contribution < -0.4 is 15.6 Å². The van der Waals surface area contributed by atoms with E-state index >= 15 is 0 Å². The molecule has 1 amide bonds. The van der Waals surface area contributed by atoms with Crippen molar-refractivity contribution in [3.8, 4) is 5.88 Å². The molecule has 3 aromatic rings. The summed E-state index contributed by atoms with van der Waals surface area (Å²) in [6.07, 6.45) is 5.65. The third kappa shape index (κ3) is 2.48. The van der Waals surface area contributed by atoms with Gasteiger partial charge in [-0.15, -0.1) is 11.3 Å². The molecule has 23 heavy (non-hydrogen) atoms. The smallest absolute Gasteiger partial charge is 0.282 e. The van der Waals surface area contributed by atoms with E-state index in [0.717, 1.165) is 13.0 Å². The Morgan fingerprint density at radius 1 is 1.43 bits per heavy atom. The van der Waals surface area contributed by atoms with Crippen LogP contribution in [0.1, 0.15) is 12.0 Å². The molecule has 0 atom stereocenters. The van der Waals surface area contributed by atoms with Crippen LogP contribution in [0.2, 0.25) is 0 Å². The maximum absolute atomic E-state index is 12.2. The summed E-state index contributed by atoms with van der Waals surface area (Å²) in [4.78, 5) is 29.2. The molecule has 4 heterocycles. The normalized spacial score (nSPS) is 13.6. The highest BCUT2D eigenvalue weighted by Crippen LogP contribution is 2.22. The van der Waals surface area contributed by atoms with Crippen LogP contribution in [0.25, 0.3) is 4.96 Å². The number of carbonyl (C=O) groups excluding carboxylic acids is 1. The molecule has 0 spiro atoms. The van der Waals surface area contributed by atoms with Gasteiger partial charge in [0.1, 0.15) is 5.69 Å². The Hall–Kier alpha value is -2.68. The summed E-state index contributed by atoms with van der Waals surface area (Å²) in [7, 11) is 0. The van der Waals surface area contributed by atoms with Crippen LogP contribution in [-0.4, -0.2) is 31.7 Å². The first-order valence-corrected chi connectivity index (χ1v) is 8.02. The minimum Gasteiger partial charge on any atom is -0.478 e. The summed E-state index contributed by atoms with van der Waals surface area (Å²) in [6.45, 7) is 1.41. The summed E-state index contributed by atoms with van der Waals surface area (Å²) in [5, 5.41) is 8.59. The minimum atomic E-state index is -0.302. The number of rotatable bonds is 3. The van der Waals surface area contributed by atoms with Gasteiger partial charge in [-0.05, 0) is 0 Å². The minimum absolute atomic E-state index is 0.0983. The lowest BCUT2D eigenvalue weighted by Gasteiger charge is -2.15. The lowest BCUT2D eigenvalue weighted by atomic mass is 10.2. The molecule has 0 aliphatic carbocycles. The van der Waals surface area contributed by atoms with Crippen LogP contribution in [0, 0.1) is 0 Å². The van der Waals surface area contributed by atoms with E-state index in [4.69, 9.17) is 4.74 Å². The molecule has 9 heteroatoms. The summed E-state index contributed by atoms with van der Waals surface area (Å²) < 4.78 is 8.72. The van der Waals surface area contributed by atoms with Gasteiger partial charge >= 0.3 is 0 Å². The first-order valence-electron chi connectivity index (χ1n) is 7.14. The van der Waals surface area contributed by atoms with Crippen molar-refractivity contribution in [2.45, 2.75) is 19.4 Å². The van der Waals surface area contributed by atoms with Gasteiger partial charge in [0.25, 0.3) is 5.56 Å². The average Bonchev–Trinajstić information content (AvgIpc) is 3.18. The lowest BCUT2D eigenvalue weighted by Crippen LogP contribution is -2.23. The van der Waals surface area contributed by atoms with Crippen LogP contribution >= 0.6 is 11.3 Å². The molecule has 1 aliphatic rings. The standard InChI is InChI=1S/C14H13N5O3S/c20-11(6-9-7-16-19-2-1-4-22-13(9)19)17-10-8-15-14-18(12(10)21)3-5-23-14/h3,5,7-8H,1-2,4,6H2,(H,17,20). The molecule has 0 unspecified atom stereocenters. The van der Waals surface area contributed by atoms with E-state index in [-0.39, 0.29) is 23.6 Å². The average molecular weight is 331 g/mol. The molecule has 0 saturated heterocycles. The number of thiazole rings is 1. The van der Waals surface area contributed by atoms with E-state index < -0.39 is 0 Å². The van der Waals surface area contributed by atoms with Crippen molar-refractivity contribution in [1.82, 2.24) is 19.2 Å². The molecule has 0 radical (unpaired) electrons. The molecule has 1 N–H and O–H groups in total. The number of aryl methyl sites for hydroxylation is 1. The molecular weight excluding hydrogens is 318 g/mol. The number of nitrogens with one attached hydrogen (secondary N) is 1. The molecule has 118 valence electrons. The van der Waals surface area contributed by atoms with E-state index in [2.05, 4.69) is 15.4 Å². The van der Waals surface area contributed by atoms with Gasteiger partial charge in [0, 0.05) is 30.1 Å². The maximum Gasteiger partial charge on any atom is 0.282 e. The monoisotopic (exact) mass is 331 g/mol. The van der Waals surface area contributed by atoms with E-state index in [1.54, 1.807) is 22.5 Å². The van der Waals surface area contributed by atoms with E-state index in [1.165, 1.54) is 21.9 Å². The second kappa shape index (κ2) is 5.51. The molecular formula is C14H13N5O3S. The second-order valence-electron chi connectivity index (χ2n) is 5.16. The number of fused-ring (bicyclic) bond motifs is 2. The number of hydrogen-bond donors (Lipinski definition) is 1. The third-order valence-corrected chi connectivity index (χ3v) is 4.35. The van der Waals surface area contributed by atoms with E-state index in [0.29, 0.717) is 23.0 Å². The van der Waals surface area contributed by atoms with Crippen molar-refractivity contribution < 1.29 is 9.53 Å². The molecule has 3 aromatic heterocycles. The van der Waals surface area contributed by atoms with Crippen LogP contribution in [0.5, 0.6) is 5.88 Å². The maximum atomic E-state index is 12.2. The fraction of sp³-hybridized carbons (Fsp3) is 0.286. The Morgan fingerprint density at radius 3 is 3.26 bits per heavy atom. The molecule has 0 fully saturated rings. The highest BCUT2D eigenvalue weighted by molar-refractivity contribution is 7.15. The van der Waals surface area contributed by atoms with Crippen molar-refractivity contribution in [3.63, 3.8) is 0 Å². The van der Waals surface area contributed by atoms with Gasteiger partial charge in [-0.25, -0.2) is 9.67 Å².